The molecule has 0 aromatic heterocycles. The summed E-state index contributed by atoms with van der Waals surface area (Å²) in [5, 5.41) is 0. The van der Waals surface area contributed by atoms with Crippen LogP contribution in [-0.2, 0) is 11.2 Å². The molecule has 1 saturated heterocycles. The van der Waals surface area contributed by atoms with Crippen LogP contribution in [0, 0.1) is 11.8 Å². The zero-order valence-corrected chi connectivity index (χ0v) is 12.1. The van der Waals surface area contributed by atoms with Gasteiger partial charge in [-0.25, -0.2) is 0 Å². The summed E-state index contributed by atoms with van der Waals surface area (Å²) >= 11 is 0. The van der Waals surface area contributed by atoms with Gasteiger partial charge in [0.1, 0.15) is 0 Å². The van der Waals surface area contributed by atoms with Crippen molar-refractivity contribution in [2.75, 3.05) is 26.7 Å². The smallest absolute Gasteiger partial charge is 0.0725 e. The second-order valence-electron chi connectivity index (χ2n) is 6.33. The average Bonchev–Trinajstić information content (AvgIpc) is 2.95. The Labute approximate surface area is 116 Å². The van der Waals surface area contributed by atoms with Gasteiger partial charge in [0.25, 0.3) is 0 Å². The minimum Gasteiger partial charge on any atom is -0.378 e. The third-order valence-corrected chi connectivity index (χ3v) is 5.17. The molecule has 3 atom stereocenters. The first-order valence-corrected chi connectivity index (χ1v) is 7.56. The molecule has 2 nitrogen and oxygen atoms in total. The first-order chi connectivity index (χ1) is 9.24. The molecule has 1 aromatic carbocycles. The number of fused-ring (bicyclic) bond motifs is 1. The van der Waals surface area contributed by atoms with Gasteiger partial charge in [-0.1, -0.05) is 37.3 Å². The molecule has 1 aromatic rings. The van der Waals surface area contributed by atoms with Crippen LogP contribution in [0.25, 0.3) is 0 Å². The van der Waals surface area contributed by atoms with E-state index in [4.69, 9.17) is 4.74 Å². The quantitative estimate of drug-likeness (QED) is 0.824. The molecule has 1 saturated carbocycles. The third kappa shape index (κ3) is 2.56. The minimum atomic E-state index is 0.0938. The second kappa shape index (κ2) is 5.26. The van der Waals surface area contributed by atoms with Crippen LogP contribution in [0.2, 0.25) is 0 Å². The zero-order valence-electron chi connectivity index (χ0n) is 12.1. The molecule has 1 heterocycles. The van der Waals surface area contributed by atoms with Crippen molar-refractivity contribution in [2.24, 2.45) is 11.8 Å². The van der Waals surface area contributed by atoms with E-state index in [2.05, 4.69) is 42.2 Å². The van der Waals surface area contributed by atoms with Crippen LogP contribution in [0.15, 0.2) is 30.3 Å². The predicted molar refractivity (Wildman–Crippen MR) is 78.2 cm³/mol. The van der Waals surface area contributed by atoms with Crippen LogP contribution in [0.5, 0.6) is 0 Å². The van der Waals surface area contributed by atoms with Crippen LogP contribution in [0.1, 0.15) is 25.3 Å². The standard InChI is InChI=1S/C17H25NO/c1-3-18-12-15-10-17(19-2,11-16(15)13-18)9-14-7-5-4-6-8-14/h4-8,15-16H,3,9-13H2,1-2H3/t15-,16+,17-. The molecular formula is C17H25NO. The van der Waals surface area contributed by atoms with E-state index < -0.39 is 0 Å². The van der Waals surface area contributed by atoms with Crippen LogP contribution in [0.4, 0.5) is 0 Å². The number of methoxy groups -OCH3 is 1. The molecule has 0 radical (unpaired) electrons. The van der Waals surface area contributed by atoms with Gasteiger partial charge in [0.2, 0.25) is 0 Å². The topological polar surface area (TPSA) is 12.5 Å². The van der Waals surface area contributed by atoms with Gasteiger partial charge in [-0.05, 0) is 36.8 Å². The Hall–Kier alpha value is -0.860. The van der Waals surface area contributed by atoms with Gasteiger partial charge in [0, 0.05) is 26.6 Å². The second-order valence-corrected chi connectivity index (χ2v) is 6.33. The molecule has 1 aliphatic heterocycles. The number of hydrogen-bond acceptors (Lipinski definition) is 2. The van der Waals surface area contributed by atoms with Crippen LogP contribution in [0.3, 0.4) is 0 Å². The summed E-state index contributed by atoms with van der Waals surface area (Å²) in [7, 11) is 1.90. The highest BCUT2D eigenvalue weighted by molar-refractivity contribution is 5.18. The van der Waals surface area contributed by atoms with Crippen molar-refractivity contribution in [3.63, 3.8) is 0 Å². The molecule has 2 heteroatoms. The van der Waals surface area contributed by atoms with E-state index in [0.29, 0.717) is 0 Å². The Morgan fingerprint density at radius 3 is 2.32 bits per heavy atom. The molecular weight excluding hydrogens is 234 g/mol. The number of likely N-dealkylation sites (tertiary alicyclic amines) is 1. The molecule has 2 aliphatic rings. The van der Waals surface area contributed by atoms with E-state index >= 15 is 0 Å². The molecule has 0 amide bonds. The van der Waals surface area contributed by atoms with Crippen molar-refractivity contribution in [3.05, 3.63) is 35.9 Å². The van der Waals surface area contributed by atoms with Crippen molar-refractivity contribution in [1.29, 1.82) is 0 Å². The molecule has 0 N–H and O–H groups in total. The van der Waals surface area contributed by atoms with Gasteiger partial charge in [-0.15, -0.1) is 0 Å². The summed E-state index contributed by atoms with van der Waals surface area (Å²) in [5.74, 6) is 1.70. The Morgan fingerprint density at radius 1 is 1.16 bits per heavy atom. The van der Waals surface area contributed by atoms with E-state index in [1.54, 1.807) is 0 Å². The van der Waals surface area contributed by atoms with Gasteiger partial charge in [-0.2, -0.15) is 0 Å². The lowest BCUT2D eigenvalue weighted by molar-refractivity contribution is -0.0129. The highest BCUT2D eigenvalue weighted by Crippen LogP contribution is 2.46. The van der Waals surface area contributed by atoms with E-state index in [1.165, 1.54) is 38.0 Å². The normalized spacial score (nSPS) is 34.6. The number of ether oxygens (including phenoxy) is 1. The maximum atomic E-state index is 5.99. The van der Waals surface area contributed by atoms with Crippen molar-refractivity contribution < 1.29 is 4.74 Å². The lowest BCUT2D eigenvalue weighted by atomic mass is 9.91. The Morgan fingerprint density at radius 2 is 1.79 bits per heavy atom. The van der Waals surface area contributed by atoms with Crippen LogP contribution < -0.4 is 0 Å². The number of nitrogens with zero attached hydrogens (tertiary/aromatic N) is 1. The first kappa shape index (κ1) is 13.1. The maximum absolute atomic E-state index is 5.99. The zero-order chi connectivity index (χ0) is 13.3. The summed E-state index contributed by atoms with van der Waals surface area (Å²) in [4.78, 5) is 2.59. The van der Waals surface area contributed by atoms with E-state index in [9.17, 15) is 0 Å². The van der Waals surface area contributed by atoms with Gasteiger partial charge >= 0.3 is 0 Å². The molecule has 19 heavy (non-hydrogen) atoms. The van der Waals surface area contributed by atoms with E-state index in [-0.39, 0.29) is 5.60 Å². The van der Waals surface area contributed by atoms with E-state index in [0.717, 1.165) is 18.3 Å². The Kier molecular flexibility index (Phi) is 3.64. The molecule has 1 aliphatic carbocycles. The highest BCUT2D eigenvalue weighted by Gasteiger charge is 2.48. The SMILES string of the molecule is CCN1C[C@@H]2C[C@](Cc3ccccc3)(OC)C[C@@H]2C1. The largest absolute Gasteiger partial charge is 0.378 e. The molecule has 104 valence electrons. The fourth-order valence-electron chi connectivity index (χ4n) is 4.15. The highest BCUT2D eigenvalue weighted by atomic mass is 16.5. The number of rotatable bonds is 4. The maximum Gasteiger partial charge on any atom is 0.0725 e. The summed E-state index contributed by atoms with van der Waals surface area (Å²) in [6.07, 6.45) is 3.54. The number of hydrogen-bond donors (Lipinski definition) is 0. The van der Waals surface area contributed by atoms with Crippen molar-refractivity contribution >= 4 is 0 Å². The Bertz CT molecular complexity index is 403. The lowest BCUT2D eigenvalue weighted by Crippen LogP contribution is -2.34. The fraction of sp³-hybridized carbons (Fsp3) is 0.647. The molecule has 0 spiro atoms. The van der Waals surface area contributed by atoms with E-state index in [1.807, 2.05) is 7.11 Å². The number of benzene rings is 1. The minimum absolute atomic E-state index is 0.0938. The van der Waals surface area contributed by atoms with Gasteiger partial charge < -0.3 is 9.64 Å². The summed E-state index contributed by atoms with van der Waals surface area (Å²) in [6, 6.07) is 10.8. The summed E-state index contributed by atoms with van der Waals surface area (Å²) in [6.45, 7) is 6.03. The van der Waals surface area contributed by atoms with Crippen LogP contribution >= 0.6 is 0 Å². The van der Waals surface area contributed by atoms with Gasteiger partial charge in [0.15, 0.2) is 0 Å². The van der Waals surface area contributed by atoms with Crippen LogP contribution in [-0.4, -0.2) is 37.2 Å². The molecule has 2 fully saturated rings. The molecule has 3 rings (SSSR count). The van der Waals surface area contributed by atoms with Crippen molar-refractivity contribution in [1.82, 2.24) is 4.90 Å². The van der Waals surface area contributed by atoms with Crippen molar-refractivity contribution in [2.45, 2.75) is 31.8 Å². The molecule has 0 unspecified atom stereocenters. The van der Waals surface area contributed by atoms with Gasteiger partial charge in [0.05, 0.1) is 5.60 Å². The Balaban J connectivity index is 1.70. The lowest BCUT2D eigenvalue weighted by Gasteiger charge is -2.30. The third-order valence-electron chi connectivity index (χ3n) is 5.17. The fourth-order valence-corrected chi connectivity index (χ4v) is 4.15. The average molecular weight is 259 g/mol. The predicted octanol–water partition coefficient (Wildman–Crippen LogP) is 2.98. The van der Waals surface area contributed by atoms with Gasteiger partial charge in [-0.3, -0.25) is 0 Å². The monoisotopic (exact) mass is 259 g/mol. The summed E-state index contributed by atoms with van der Waals surface area (Å²) in [5.41, 5.74) is 1.51. The first-order valence-electron chi connectivity index (χ1n) is 7.56. The molecule has 0 bridgehead atoms. The summed E-state index contributed by atoms with van der Waals surface area (Å²) < 4.78 is 5.99. The van der Waals surface area contributed by atoms with Crippen molar-refractivity contribution in [3.8, 4) is 0 Å².